The number of nitrogens with zero attached hydrogens (tertiary/aromatic N) is 3. The third kappa shape index (κ3) is 3.12. The topological polar surface area (TPSA) is 82.2 Å². The van der Waals surface area contributed by atoms with Crippen molar-refractivity contribution >= 4 is 5.69 Å². The van der Waals surface area contributed by atoms with E-state index in [1.807, 2.05) is 17.8 Å². The predicted molar refractivity (Wildman–Crippen MR) is 73.4 cm³/mol. The van der Waals surface area contributed by atoms with Gasteiger partial charge in [0.1, 0.15) is 11.6 Å². The molecule has 0 aliphatic rings. The lowest BCUT2D eigenvalue weighted by Crippen LogP contribution is -2.16. The van der Waals surface area contributed by atoms with Gasteiger partial charge in [-0.3, -0.25) is 10.1 Å². The van der Waals surface area contributed by atoms with Crippen molar-refractivity contribution in [1.82, 2.24) is 14.9 Å². The van der Waals surface area contributed by atoms with Crippen LogP contribution >= 0.6 is 0 Å². The van der Waals surface area contributed by atoms with Gasteiger partial charge in [0.05, 0.1) is 18.6 Å². The number of nitro benzene ring substituents is 1. The zero-order valence-corrected chi connectivity index (χ0v) is 11.4. The Kier molecular flexibility index (Phi) is 4.31. The molecule has 2 rings (SSSR count). The van der Waals surface area contributed by atoms with Crippen LogP contribution in [0, 0.1) is 10.1 Å². The first kappa shape index (κ1) is 14.0. The SMILES string of the molecule is COc1ccc([N+](=O)[O-])cc1CNCc1nccn1C. The Morgan fingerprint density at radius 1 is 1.45 bits per heavy atom. The molecular formula is C13H16N4O3. The molecule has 0 atom stereocenters. The van der Waals surface area contributed by atoms with E-state index in [0.29, 0.717) is 18.8 Å². The number of hydrogen-bond donors (Lipinski definition) is 1. The monoisotopic (exact) mass is 276 g/mol. The van der Waals surface area contributed by atoms with Crippen LogP contribution < -0.4 is 10.1 Å². The summed E-state index contributed by atoms with van der Waals surface area (Å²) >= 11 is 0. The summed E-state index contributed by atoms with van der Waals surface area (Å²) in [4.78, 5) is 14.6. The Bertz CT molecular complexity index is 609. The number of aromatic nitrogens is 2. The van der Waals surface area contributed by atoms with Crippen molar-refractivity contribution in [3.8, 4) is 5.75 Å². The Morgan fingerprint density at radius 3 is 2.85 bits per heavy atom. The fourth-order valence-electron chi connectivity index (χ4n) is 1.89. The highest BCUT2D eigenvalue weighted by molar-refractivity contribution is 5.43. The molecule has 1 N–H and O–H groups in total. The van der Waals surface area contributed by atoms with E-state index in [1.54, 1.807) is 19.4 Å². The molecule has 1 aromatic carbocycles. The van der Waals surface area contributed by atoms with Crippen LogP contribution in [-0.4, -0.2) is 21.6 Å². The van der Waals surface area contributed by atoms with Crippen molar-refractivity contribution in [2.75, 3.05) is 7.11 Å². The molecule has 0 amide bonds. The van der Waals surface area contributed by atoms with Crippen molar-refractivity contribution in [3.63, 3.8) is 0 Å². The van der Waals surface area contributed by atoms with E-state index in [-0.39, 0.29) is 5.69 Å². The third-order valence-electron chi connectivity index (χ3n) is 2.99. The maximum Gasteiger partial charge on any atom is 0.270 e. The lowest BCUT2D eigenvalue weighted by atomic mass is 10.1. The molecule has 1 aromatic heterocycles. The summed E-state index contributed by atoms with van der Waals surface area (Å²) in [6, 6.07) is 4.56. The molecule has 1 heterocycles. The standard InChI is InChI=1S/C13H16N4O3/c1-16-6-5-15-13(16)9-14-8-10-7-11(17(18)19)3-4-12(10)20-2/h3-7,14H,8-9H2,1-2H3. The molecule has 20 heavy (non-hydrogen) atoms. The van der Waals surface area contributed by atoms with Crippen LogP contribution in [0.1, 0.15) is 11.4 Å². The number of non-ortho nitro benzene ring substituents is 1. The molecule has 7 nitrogen and oxygen atoms in total. The second-order valence-electron chi connectivity index (χ2n) is 4.31. The third-order valence-corrected chi connectivity index (χ3v) is 2.99. The van der Waals surface area contributed by atoms with Gasteiger partial charge in [0.15, 0.2) is 0 Å². The quantitative estimate of drug-likeness (QED) is 0.640. The van der Waals surface area contributed by atoms with E-state index in [2.05, 4.69) is 10.3 Å². The molecular weight excluding hydrogens is 260 g/mol. The van der Waals surface area contributed by atoms with Gasteiger partial charge in [-0.05, 0) is 6.07 Å². The minimum Gasteiger partial charge on any atom is -0.496 e. The van der Waals surface area contributed by atoms with E-state index in [4.69, 9.17) is 4.74 Å². The van der Waals surface area contributed by atoms with Crippen LogP contribution in [0.25, 0.3) is 0 Å². The number of methoxy groups -OCH3 is 1. The highest BCUT2D eigenvalue weighted by Crippen LogP contribution is 2.23. The van der Waals surface area contributed by atoms with Crippen LogP contribution in [0.2, 0.25) is 0 Å². The molecule has 0 saturated carbocycles. The van der Waals surface area contributed by atoms with Crippen LogP contribution in [0.15, 0.2) is 30.6 Å². The van der Waals surface area contributed by atoms with Crippen LogP contribution in [0.4, 0.5) is 5.69 Å². The van der Waals surface area contributed by atoms with Gasteiger partial charge in [0.25, 0.3) is 5.69 Å². The van der Waals surface area contributed by atoms with Gasteiger partial charge in [-0.2, -0.15) is 0 Å². The molecule has 2 aromatic rings. The second-order valence-corrected chi connectivity index (χ2v) is 4.31. The Balaban J connectivity index is 2.06. The summed E-state index contributed by atoms with van der Waals surface area (Å²) in [5, 5.41) is 14.0. The number of hydrogen-bond acceptors (Lipinski definition) is 5. The lowest BCUT2D eigenvalue weighted by Gasteiger charge is -2.09. The van der Waals surface area contributed by atoms with E-state index in [0.717, 1.165) is 11.4 Å². The normalized spacial score (nSPS) is 10.5. The number of nitro groups is 1. The Hall–Kier alpha value is -2.41. The van der Waals surface area contributed by atoms with Gasteiger partial charge in [-0.1, -0.05) is 0 Å². The summed E-state index contributed by atoms with van der Waals surface area (Å²) in [5.74, 6) is 1.53. The number of ether oxygens (including phenoxy) is 1. The fraction of sp³-hybridized carbons (Fsp3) is 0.308. The average molecular weight is 276 g/mol. The highest BCUT2D eigenvalue weighted by Gasteiger charge is 2.11. The van der Waals surface area contributed by atoms with Gasteiger partial charge in [-0.25, -0.2) is 4.98 Å². The zero-order valence-electron chi connectivity index (χ0n) is 11.4. The molecule has 7 heteroatoms. The smallest absolute Gasteiger partial charge is 0.270 e. The number of benzene rings is 1. The Labute approximate surface area is 116 Å². The Morgan fingerprint density at radius 2 is 2.25 bits per heavy atom. The first-order valence-electron chi connectivity index (χ1n) is 6.10. The summed E-state index contributed by atoms with van der Waals surface area (Å²) in [7, 11) is 3.46. The minimum atomic E-state index is -0.415. The largest absolute Gasteiger partial charge is 0.496 e. The van der Waals surface area contributed by atoms with Crippen LogP contribution in [0.5, 0.6) is 5.75 Å². The molecule has 0 aliphatic carbocycles. The van der Waals surface area contributed by atoms with Gasteiger partial charge in [0.2, 0.25) is 0 Å². The van der Waals surface area contributed by atoms with Crippen molar-refractivity contribution in [3.05, 3.63) is 52.1 Å². The number of nitrogens with one attached hydrogen (secondary N) is 1. The number of imidazole rings is 1. The molecule has 0 spiro atoms. The van der Waals surface area contributed by atoms with Crippen molar-refractivity contribution < 1.29 is 9.66 Å². The van der Waals surface area contributed by atoms with Crippen molar-refractivity contribution in [1.29, 1.82) is 0 Å². The average Bonchev–Trinajstić information content (AvgIpc) is 2.84. The summed E-state index contributed by atoms with van der Waals surface area (Å²) < 4.78 is 7.12. The summed E-state index contributed by atoms with van der Waals surface area (Å²) in [6.45, 7) is 1.05. The highest BCUT2D eigenvalue weighted by atomic mass is 16.6. The first-order valence-corrected chi connectivity index (χ1v) is 6.10. The van der Waals surface area contributed by atoms with Crippen LogP contribution in [0.3, 0.4) is 0 Å². The first-order chi connectivity index (χ1) is 9.61. The van der Waals surface area contributed by atoms with E-state index >= 15 is 0 Å². The number of rotatable bonds is 6. The van der Waals surface area contributed by atoms with Gasteiger partial charge in [-0.15, -0.1) is 0 Å². The molecule has 0 fully saturated rings. The zero-order chi connectivity index (χ0) is 14.5. The lowest BCUT2D eigenvalue weighted by molar-refractivity contribution is -0.384. The minimum absolute atomic E-state index is 0.0552. The number of aryl methyl sites for hydroxylation is 1. The van der Waals surface area contributed by atoms with Gasteiger partial charge >= 0.3 is 0 Å². The molecule has 0 saturated heterocycles. The fourth-order valence-corrected chi connectivity index (χ4v) is 1.89. The summed E-state index contributed by atoms with van der Waals surface area (Å²) in [5.41, 5.74) is 0.801. The van der Waals surface area contributed by atoms with Crippen LogP contribution in [-0.2, 0) is 20.1 Å². The maximum absolute atomic E-state index is 10.8. The van der Waals surface area contributed by atoms with Gasteiger partial charge < -0.3 is 14.6 Å². The van der Waals surface area contributed by atoms with E-state index in [1.165, 1.54) is 12.1 Å². The summed E-state index contributed by atoms with van der Waals surface area (Å²) in [6.07, 6.45) is 3.59. The second kappa shape index (κ2) is 6.16. The maximum atomic E-state index is 10.8. The van der Waals surface area contributed by atoms with E-state index < -0.39 is 4.92 Å². The van der Waals surface area contributed by atoms with Gasteiger partial charge in [0, 0.05) is 43.7 Å². The molecule has 0 unspecified atom stereocenters. The predicted octanol–water partition coefficient (Wildman–Crippen LogP) is 1.63. The molecule has 0 aliphatic heterocycles. The van der Waals surface area contributed by atoms with E-state index in [9.17, 15) is 10.1 Å². The molecule has 106 valence electrons. The van der Waals surface area contributed by atoms with Crippen molar-refractivity contribution in [2.24, 2.45) is 7.05 Å². The molecule has 0 bridgehead atoms. The van der Waals surface area contributed by atoms with Crippen molar-refractivity contribution in [2.45, 2.75) is 13.1 Å². The molecule has 0 radical (unpaired) electrons.